The van der Waals surface area contributed by atoms with E-state index in [0.29, 0.717) is 18.4 Å². The number of halogens is 2. The van der Waals surface area contributed by atoms with E-state index in [0.717, 1.165) is 30.3 Å². The number of hydrogen-bond acceptors (Lipinski definition) is 4. The molecule has 1 saturated carbocycles. The van der Waals surface area contributed by atoms with Gasteiger partial charge in [-0.25, -0.2) is 8.78 Å². The molecule has 0 bridgehead atoms. The lowest BCUT2D eigenvalue weighted by molar-refractivity contribution is -0.122. The number of carbonyl (C=O) groups excluding carboxylic acids is 2. The summed E-state index contributed by atoms with van der Waals surface area (Å²) >= 11 is 0. The lowest BCUT2D eigenvalue weighted by Gasteiger charge is -2.29. The van der Waals surface area contributed by atoms with E-state index in [1.165, 1.54) is 0 Å². The summed E-state index contributed by atoms with van der Waals surface area (Å²) in [4.78, 5) is 26.0. The van der Waals surface area contributed by atoms with Crippen molar-refractivity contribution in [2.45, 2.75) is 32.1 Å². The molecule has 30 heavy (non-hydrogen) atoms. The largest absolute Gasteiger partial charge is 0.323 e. The third-order valence-electron chi connectivity index (χ3n) is 5.57. The number of aromatic amines is 2. The predicted molar refractivity (Wildman–Crippen MR) is 106 cm³/mol. The first-order valence-corrected chi connectivity index (χ1v) is 9.81. The van der Waals surface area contributed by atoms with Gasteiger partial charge in [-0.3, -0.25) is 19.8 Å². The molecule has 2 atom stereocenters. The van der Waals surface area contributed by atoms with Gasteiger partial charge in [0.05, 0.1) is 17.6 Å². The smallest absolute Gasteiger partial charge is 0.281 e. The molecule has 0 unspecified atom stereocenters. The molecular weight excluding hydrogens is 392 g/mol. The number of nitrogens with one attached hydrogen (secondary N) is 3. The van der Waals surface area contributed by atoms with E-state index in [-0.39, 0.29) is 11.5 Å². The molecule has 1 fully saturated rings. The van der Waals surface area contributed by atoms with Gasteiger partial charge in [0, 0.05) is 23.6 Å². The second-order valence-electron chi connectivity index (χ2n) is 7.40. The zero-order valence-corrected chi connectivity index (χ0v) is 16.1. The zero-order valence-electron chi connectivity index (χ0n) is 16.1. The van der Waals surface area contributed by atoms with Gasteiger partial charge in [0.1, 0.15) is 5.69 Å². The molecule has 1 aliphatic carbocycles. The Balaban J connectivity index is 1.50. The van der Waals surface area contributed by atoms with E-state index in [1.54, 1.807) is 18.3 Å². The summed E-state index contributed by atoms with van der Waals surface area (Å²) < 4.78 is 26.1. The summed E-state index contributed by atoms with van der Waals surface area (Å²) in [6.07, 6.45) is 2.82. The summed E-state index contributed by atoms with van der Waals surface area (Å²) in [7, 11) is 0. The van der Waals surface area contributed by atoms with E-state index in [9.17, 15) is 18.4 Å². The zero-order chi connectivity index (χ0) is 21.1. The van der Waals surface area contributed by atoms with Crippen molar-refractivity contribution in [2.24, 2.45) is 11.8 Å². The summed E-state index contributed by atoms with van der Waals surface area (Å²) in [5.41, 5.74) is 1.80. The van der Waals surface area contributed by atoms with Crippen LogP contribution in [0.4, 0.5) is 14.5 Å². The Hall–Kier alpha value is -3.36. The van der Waals surface area contributed by atoms with Gasteiger partial charge in [0.15, 0.2) is 5.78 Å². The monoisotopic (exact) mass is 413 g/mol. The van der Waals surface area contributed by atoms with Gasteiger partial charge in [0.25, 0.3) is 6.43 Å². The molecule has 1 amide bonds. The van der Waals surface area contributed by atoms with Gasteiger partial charge in [0.2, 0.25) is 5.91 Å². The Kier molecular flexibility index (Phi) is 5.69. The van der Waals surface area contributed by atoms with Crippen molar-refractivity contribution in [1.29, 1.82) is 0 Å². The average molecular weight is 413 g/mol. The Labute approximate surface area is 171 Å². The van der Waals surface area contributed by atoms with Crippen molar-refractivity contribution >= 4 is 17.4 Å². The fourth-order valence-corrected chi connectivity index (χ4v) is 3.99. The van der Waals surface area contributed by atoms with Crippen LogP contribution in [-0.4, -0.2) is 32.1 Å². The van der Waals surface area contributed by atoms with E-state index >= 15 is 0 Å². The SMILES string of the molecule is O=C(Nc1cn[nH]c1C(F)F)[C@@H]1CCCC[C@H]1C(=O)c1ccc(-c2ccn[nH]2)cc1. The molecule has 2 aromatic heterocycles. The maximum Gasteiger partial charge on any atom is 0.281 e. The standard InChI is InChI=1S/C21H21F2N5O2/c22-20(23)18-17(11-25-28-18)26-21(30)15-4-2-1-3-14(15)19(29)13-7-5-12(6-8-13)16-9-10-24-27-16/h5-11,14-15,20H,1-4H2,(H,24,27)(H,25,28)(H,26,30)/t14-,15-/m1/s1. The number of hydrogen-bond donors (Lipinski definition) is 3. The van der Waals surface area contributed by atoms with Gasteiger partial charge in [-0.1, -0.05) is 37.1 Å². The number of amides is 1. The Morgan fingerprint density at radius 2 is 1.73 bits per heavy atom. The van der Waals surface area contributed by atoms with Gasteiger partial charge in [-0.15, -0.1) is 0 Å². The van der Waals surface area contributed by atoms with E-state index in [1.807, 2.05) is 18.2 Å². The molecule has 3 N–H and O–H groups in total. The number of ketones is 1. The topological polar surface area (TPSA) is 104 Å². The molecule has 2 heterocycles. The number of carbonyl (C=O) groups is 2. The predicted octanol–water partition coefficient (Wildman–Crippen LogP) is 4.37. The molecule has 7 nitrogen and oxygen atoms in total. The summed E-state index contributed by atoms with van der Waals surface area (Å²) in [5, 5.41) is 15.1. The van der Waals surface area contributed by atoms with Crippen LogP contribution in [0.25, 0.3) is 11.3 Å². The van der Waals surface area contributed by atoms with Gasteiger partial charge in [-0.2, -0.15) is 10.2 Å². The molecule has 9 heteroatoms. The third-order valence-corrected chi connectivity index (χ3v) is 5.57. The van der Waals surface area contributed by atoms with E-state index in [2.05, 4.69) is 25.7 Å². The highest BCUT2D eigenvalue weighted by atomic mass is 19.3. The molecular formula is C21H21F2N5O2. The van der Waals surface area contributed by atoms with Gasteiger partial charge in [-0.05, 0) is 24.5 Å². The molecule has 4 rings (SSSR count). The minimum absolute atomic E-state index is 0.0457. The minimum Gasteiger partial charge on any atom is -0.323 e. The summed E-state index contributed by atoms with van der Waals surface area (Å²) in [6.45, 7) is 0. The van der Waals surface area contributed by atoms with Crippen LogP contribution in [0.3, 0.4) is 0 Å². The maximum atomic E-state index is 13.2. The van der Waals surface area contributed by atoms with Crippen molar-refractivity contribution in [3.8, 4) is 11.3 Å². The lowest BCUT2D eigenvalue weighted by Crippen LogP contribution is -2.36. The number of benzene rings is 1. The van der Waals surface area contributed by atoms with E-state index < -0.39 is 29.9 Å². The van der Waals surface area contributed by atoms with Crippen LogP contribution in [-0.2, 0) is 4.79 Å². The molecule has 0 saturated heterocycles. The normalized spacial score (nSPS) is 19.0. The third kappa shape index (κ3) is 4.00. The summed E-state index contributed by atoms with van der Waals surface area (Å²) in [5.74, 6) is -1.59. The van der Waals surface area contributed by atoms with Crippen LogP contribution in [0.2, 0.25) is 0 Å². The molecule has 1 aromatic carbocycles. The highest BCUT2D eigenvalue weighted by Crippen LogP contribution is 2.34. The molecule has 1 aliphatic rings. The number of Topliss-reactive ketones (excluding diaryl/α,β-unsaturated/α-hetero) is 1. The second-order valence-corrected chi connectivity index (χ2v) is 7.40. The number of H-pyrrole nitrogens is 2. The van der Waals surface area contributed by atoms with Crippen LogP contribution < -0.4 is 5.32 Å². The second kappa shape index (κ2) is 8.56. The Morgan fingerprint density at radius 1 is 1.00 bits per heavy atom. The van der Waals surface area contributed by atoms with E-state index in [4.69, 9.17) is 0 Å². The molecule has 0 aliphatic heterocycles. The number of aromatic nitrogens is 4. The Bertz CT molecular complexity index is 1010. The number of anilines is 1. The Morgan fingerprint density at radius 3 is 2.40 bits per heavy atom. The van der Waals surface area contributed by atoms with Crippen LogP contribution in [0.5, 0.6) is 0 Å². The highest BCUT2D eigenvalue weighted by Gasteiger charge is 2.36. The first kappa shape index (κ1) is 19.9. The fraction of sp³-hybridized carbons (Fsp3) is 0.333. The quantitative estimate of drug-likeness (QED) is 0.522. The molecule has 0 radical (unpaired) electrons. The number of rotatable bonds is 6. The van der Waals surface area contributed by atoms with Crippen molar-refractivity contribution < 1.29 is 18.4 Å². The summed E-state index contributed by atoms with van der Waals surface area (Å²) in [6, 6.07) is 8.99. The fourth-order valence-electron chi connectivity index (χ4n) is 3.99. The van der Waals surface area contributed by atoms with Crippen LogP contribution >= 0.6 is 0 Å². The lowest BCUT2D eigenvalue weighted by atomic mass is 9.75. The average Bonchev–Trinajstić information content (AvgIpc) is 3.45. The van der Waals surface area contributed by atoms with Gasteiger partial charge >= 0.3 is 0 Å². The first-order chi connectivity index (χ1) is 14.5. The minimum atomic E-state index is -2.78. The maximum absolute atomic E-state index is 13.2. The first-order valence-electron chi connectivity index (χ1n) is 9.81. The van der Waals surface area contributed by atoms with Gasteiger partial charge < -0.3 is 5.32 Å². The van der Waals surface area contributed by atoms with Crippen molar-refractivity contribution in [3.63, 3.8) is 0 Å². The van der Waals surface area contributed by atoms with Crippen molar-refractivity contribution in [1.82, 2.24) is 20.4 Å². The highest BCUT2D eigenvalue weighted by molar-refractivity contribution is 6.03. The van der Waals surface area contributed by atoms with Crippen LogP contribution in [0.15, 0.2) is 42.7 Å². The number of alkyl halides is 2. The number of nitrogens with zero attached hydrogens (tertiary/aromatic N) is 2. The van der Waals surface area contributed by atoms with Crippen molar-refractivity contribution in [2.75, 3.05) is 5.32 Å². The van der Waals surface area contributed by atoms with Crippen LogP contribution in [0.1, 0.15) is 48.2 Å². The van der Waals surface area contributed by atoms with Crippen LogP contribution in [0, 0.1) is 11.8 Å². The molecule has 3 aromatic rings. The van der Waals surface area contributed by atoms with Crippen molar-refractivity contribution in [3.05, 3.63) is 54.0 Å². The molecule has 0 spiro atoms. The molecule has 156 valence electrons.